The monoisotopic (exact) mass is 174 g/mol. The summed E-state index contributed by atoms with van der Waals surface area (Å²) in [5, 5.41) is 8.79. The van der Waals surface area contributed by atoms with Gasteiger partial charge in [-0.15, -0.1) is 0 Å². The number of benzene rings is 1. The molecule has 0 N–H and O–H groups in total. The lowest BCUT2D eigenvalue weighted by molar-refractivity contribution is 1.10. The van der Waals surface area contributed by atoms with Crippen LogP contribution in [0.25, 0.3) is 0 Å². The van der Waals surface area contributed by atoms with Crippen molar-refractivity contribution >= 4 is 5.69 Å². The standard InChI is InChI=1S/C11H14N2/c1-8-5-10(7-12)6-11(9(8)2)13(3)4/h5-6H,1-4H3. The van der Waals surface area contributed by atoms with Crippen LogP contribution in [0.3, 0.4) is 0 Å². The van der Waals surface area contributed by atoms with Crippen molar-refractivity contribution in [3.05, 3.63) is 28.8 Å². The zero-order valence-corrected chi connectivity index (χ0v) is 8.55. The van der Waals surface area contributed by atoms with Crippen LogP contribution in [-0.2, 0) is 0 Å². The molecule has 0 saturated carbocycles. The number of nitriles is 1. The zero-order chi connectivity index (χ0) is 10.0. The van der Waals surface area contributed by atoms with E-state index in [9.17, 15) is 0 Å². The Balaban J connectivity index is 3.35. The Hall–Kier alpha value is -1.49. The maximum Gasteiger partial charge on any atom is 0.0992 e. The molecular formula is C11H14N2. The minimum absolute atomic E-state index is 0.729. The van der Waals surface area contributed by atoms with E-state index < -0.39 is 0 Å². The van der Waals surface area contributed by atoms with E-state index >= 15 is 0 Å². The first-order chi connectivity index (χ1) is 6.06. The summed E-state index contributed by atoms with van der Waals surface area (Å²) >= 11 is 0. The lowest BCUT2D eigenvalue weighted by Gasteiger charge is -2.17. The van der Waals surface area contributed by atoms with Crippen LogP contribution in [0.2, 0.25) is 0 Å². The smallest absolute Gasteiger partial charge is 0.0992 e. The molecular weight excluding hydrogens is 160 g/mol. The third kappa shape index (κ3) is 1.81. The normalized spacial score (nSPS) is 9.46. The minimum Gasteiger partial charge on any atom is -0.377 e. The van der Waals surface area contributed by atoms with E-state index in [-0.39, 0.29) is 0 Å². The molecule has 0 atom stereocenters. The molecule has 0 amide bonds. The highest BCUT2D eigenvalue weighted by Gasteiger charge is 2.05. The molecule has 2 heteroatoms. The molecule has 0 aliphatic rings. The molecule has 0 unspecified atom stereocenters. The predicted molar refractivity (Wildman–Crippen MR) is 55.0 cm³/mol. The van der Waals surface area contributed by atoms with Gasteiger partial charge in [0.05, 0.1) is 11.6 Å². The Kier molecular flexibility index (Phi) is 2.57. The van der Waals surface area contributed by atoms with Gasteiger partial charge in [0.15, 0.2) is 0 Å². The third-order valence-corrected chi connectivity index (χ3v) is 2.25. The van der Waals surface area contributed by atoms with Crippen LogP contribution in [0.1, 0.15) is 16.7 Å². The molecule has 0 spiro atoms. The highest BCUT2D eigenvalue weighted by Crippen LogP contribution is 2.22. The van der Waals surface area contributed by atoms with Crippen molar-refractivity contribution in [3.63, 3.8) is 0 Å². The summed E-state index contributed by atoms with van der Waals surface area (Å²) < 4.78 is 0. The van der Waals surface area contributed by atoms with Crippen LogP contribution in [0.4, 0.5) is 5.69 Å². The van der Waals surface area contributed by atoms with Crippen molar-refractivity contribution in [1.29, 1.82) is 5.26 Å². The van der Waals surface area contributed by atoms with E-state index in [1.54, 1.807) is 0 Å². The molecule has 1 aromatic rings. The first-order valence-corrected chi connectivity index (χ1v) is 4.25. The summed E-state index contributed by atoms with van der Waals surface area (Å²) in [5.41, 5.74) is 4.26. The van der Waals surface area contributed by atoms with E-state index in [2.05, 4.69) is 13.0 Å². The van der Waals surface area contributed by atoms with Gasteiger partial charge in [-0.2, -0.15) is 5.26 Å². The van der Waals surface area contributed by atoms with Gasteiger partial charge >= 0.3 is 0 Å². The molecule has 2 nitrogen and oxygen atoms in total. The second kappa shape index (κ2) is 3.49. The van der Waals surface area contributed by atoms with E-state index in [0.717, 1.165) is 11.3 Å². The average molecular weight is 174 g/mol. The van der Waals surface area contributed by atoms with Crippen molar-refractivity contribution < 1.29 is 0 Å². The Labute approximate surface area is 79.4 Å². The molecule has 0 aliphatic heterocycles. The summed E-state index contributed by atoms with van der Waals surface area (Å²) in [6.07, 6.45) is 0. The number of hydrogen-bond donors (Lipinski definition) is 0. The number of anilines is 1. The quantitative estimate of drug-likeness (QED) is 0.653. The molecule has 0 aromatic heterocycles. The first-order valence-electron chi connectivity index (χ1n) is 4.25. The molecule has 13 heavy (non-hydrogen) atoms. The number of nitrogens with zero attached hydrogens (tertiary/aromatic N) is 2. The lowest BCUT2D eigenvalue weighted by atomic mass is 10.0. The SMILES string of the molecule is Cc1cc(C#N)cc(N(C)C)c1C. The Morgan fingerprint density at radius 3 is 2.31 bits per heavy atom. The lowest BCUT2D eigenvalue weighted by Crippen LogP contribution is -2.11. The fourth-order valence-electron chi connectivity index (χ4n) is 1.37. The zero-order valence-electron chi connectivity index (χ0n) is 8.55. The molecule has 1 aromatic carbocycles. The van der Waals surface area contributed by atoms with Gasteiger partial charge in [-0.1, -0.05) is 0 Å². The van der Waals surface area contributed by atoms with Gasteiger partial charge in [0.2, 0.25) is 0 Å². The van der Waals surface area contributed by atoms with Gasteiger partial charge in [-0.25, -0.2) is 0 Å². The molecule has 0 aliphatic carbocycles. The Morgan fingerprint density at radius 2 is 1.85 bits per heavy atom. The van der Waals surface area contributed by atoms with Crippen LogP contribution < -0.4 is 4.90 Å². The highest BCUT2D eigenvalue weighted by molar-refractivity contribution is 5.59. The van der Waals surface area contributed by atoms with Crippen molar-refractivity contribution in [2.45, 2.75) is 13.8 Å². The van der Waals surface area contributed by atoms with Gasteiger partial charge in [0, 0.05) is 19.8 Å². The first kappa shape index (κ1) is 9.60. The molecule has 0 bridgehead atoms. The summed E-state index contributed by atoms with van der Waals surface area (Å²) in [6, 6.07) is 6.00. The molecule has 68 valence electrons. The van der Waals surface area contributed by atoms with Crippen molar-refractivity contribution in [3.8, 4) is 6.07 Å². The molecule has 0 radical (unpaired) electrons. The van der Waals surface area contributed by atoms with Crippen LogP contribution >= 0.6 is 0 Å². The predicted octanol–water partition coefficient (Wildman–Crippen LogP) is 2.24. The van der Waals surface area contributed by atoms with Gasteiger partial charge in [-0.05, 0) is 37.1 Å². The molecule has 0 heterocycles. The maximum absolute atomic E-state index is 8.79. The van der Waals surface area contributed by atoms with E-state index in [1.165, 1.54) is 11.1 Å². The van der Waals surface area contributed by atoms with Crippen molar-refractivity contribution in [2.75, 3.05) is 19.0 Å². The molecule has 1 rings (SSSR count). The summed E-state index contributed by atoms with van der Waals surface area (Å²) in [5.74, 6) is 0. The van der Waals surface area contributed by atoms with Crippen LogP contribution in [0.15, 0.2) is 12.1 Å². The van der Waals surface area contributed by atoms with Crippen LogP contribution in [-0.4, -0.2) is 14.1 Å². The number of hydrogen-bond acceptors (Lipinski definition) is 2. The Bertz CT molecular complexity index is 359. The highest BCUT2D eigenvalue weighted by atomic mass is 15.1. The second-order valence-corrected chi connectivity index (χ2v) is 3.44. The largest absolute Gasteiger partial charge is 0.377 e. The van der Waals surface area contributed by atoms with Crippen LogP contribution in [0.5, 0.6) is 0 Å². The van der Waals surface area contributed by atoms with Gasteiger partial charge in [0.1, 0.15) is 0 Å². The number of rotatable bonds is 1. The summed E-state index contributed by atoms with van der Waals surface area (Å²) in [7, 11) is 3.98. The van der Waals surface area contributed by atoms with Gasteiger partial charge in [0.25, 0.3) is 0 Å². The fraction of sp³-hybridized carbons (Fsp3) is 0.364. The molecule has 0 fully saturated rings. The summed E-state index contributed by atoms with van der Waals surface area (Å²) in [6.45, 7) is 4.11. The van der Waals surface area contributed by atoms with E-state index in [1.807, 2.05) is 38.1 Å². The second-order valence-electron chi connectivity index (χ2n) is 3.44. The van der Waals surface area contributed by atoms with E-state index in [0.29, 0.717) is 0 Å². The molecule has 0 saturated heterocycles. The van der Waals surface area contributed by atoms with Crippen LogP contribution in [0, 0.1) is 25.2 Å². The minimum atomic E-state index is 0.729. The maximum atomic E-state index is 8.79. The fourth-order valence-corrected chi connectivity index (χ4v) is 1.37. The third-order valence-electron chi connectivity index (χ3n) is 2.25. The Morgan fingerprint density at radius 1 is 1.23 bits per heavy atom. The van der Waals surface area contributed by atoms with Crippen molar-refractivity contribution in [1.82, 2.24) is 0 Å². The topological polar surface area (TPSA) is 27.0 Å². The van der Waals surface area contributed by atoms with E-state index in [4.69, 9.17) is 5.26 Å². The number of aryl methyl sites for hydroxylation is 1. The summed E-state index contributed by atoms with van der Waals surface area (Å²) in [4.78, 5) is 2.03. The average Bonchev–Trinajstić information content (AvgIpc) is 2.09. The van der Waals surface area contributed by atoms with Gasteiger partial charge < -0.3 is 4.90 Å². The van der Waals surface area contributed by atoms with Crippen molar-refractivity contribution in [2.24, 2.45) is 0 Å². The van der Waals surface area contributed by atoms with Gasteiger partial charge in [-0.3, -0.25) is 0 Å².